The maximum atomic E-state index is 12.2. The first-order chi connectivity index (χ1) is 13.0. The Morgan fingerprint density at radius 3 is 3.04 bits per heavy atom. The highest BCUT2D eigenvalue weighted by Gasteiger charge is 2.26. The van der Waals surface area contributed by atoms with Gasteiger partial charge < -0.3 is 19.9 Å². The molecule has 1 aromatic carbocycles. The van der Waals surface area contributed by atoms with Crippen LogP contribution < -0.4 is 19.9 Å². The van der Waals surface area contributed by atoms with Crippen molar-refractivity contribution in [3.63, 3.8) is 0 Å². The van der Waals surface area contributed by atoms with Gasteiger partial charge in [-0.05, 0) is 50.8 Å². The Balaban J connectivity index is 1.41. The molecule has 1 saturated heterocycles. The van der Waals surface area contributed by atoms with Gasteiger partial charge in [-0.25, -0.2) is 0 Å². The van der Waals surface area contributed by atoms with E-state index in [4.69, 9.17) is 4.74 Å². The van der Waals surface area contributed by atoms with Crippen LogP contribution >= 0.6 is 0 Å². The van der Waals surface area contributed by atoms with Crippen LogP contribution in [-0.4, -0.2) is 50.6 Å². The molecule has 0 radical (unpaired) electrons. The number of nitrogens with zero attached hydrogens (tertiary/aromatic N) is 1. The highest BCUT2D eigenvalue weighted by atomic mass is 16.5. The summed E-state index contributed by atoms with van der Waals surface area (Å²) < 4.78 is 5.51. The van der Waals surface area contributed by atoms with Crippen molar-refractivity contribution >= 4 is 17.5 Å². The molecule has 2 atom stereocenters. The molecule has 2 heterocycles. The van der Waals surface area contributed by atoms with Gasteiger partial charge in [0.1, 0.15) is 5.75 Å². The van der Waals surface area contributed by atoms with E-state index in [9.17, 15) is 9.59 Å². The molecule has 27 heavy (non-hydrogen) atoms. The van der Waals surface area contributed by atoms with Crippen LogP contribution in [0.15, 0.2) is 18.2 Å². The van der Waals surface area contributed by atoms with Crippen molar-refractivity contribution in [1.29, 1.82) is 0 Å². The standard InChI is InChI=1S/C21H31N3O3/c1-16-7-8-18-19(14-16)27-15-21(26)24(18)13-9-20(25)22-10-5-12-23-11-4-3-6-17(23)2/h7-8,14,17H,3-6,9-13,15H2,1-2H3,(H,22,25)/p+1/t17-/m0/s1. The summed E-state index contributed by atoms with van der Waals surface area (Å²) in [6, 6.07) is 6.52. The predicted octanol–water partition coefficient (Wildman–Crippen LogP) is 1.07. The SMILES string of the molecule is Cc1ccc2c(c1)OCC(=O)N2CCC(=O)NCCC[NH+]1CCCC[C@@H]1C. The van der Waals surface area contributed by atoms with Crippen LogP contribution in [-0.2, 0) is 9.59 Å². The number of fused-ring (bicyclic) bond motifs is 1. The second kappa shape index (κ2) is 9.22. The van der Waals surface area contributed by atoms with Crippen molar-refractivity contribution in [1.82, 2.24) is 5.32 Å². The summed E-state index contributed by atoms with van der Waals surface area (Å²) >= 11 is 0. The number of amides is 2. The van der Waals surface area contributed by atoms with Crippen molar-refractivity contribution in [2.24, 2.45) is 0 Å². The van der Waals surface area contributed by atoms with E-state index in [1.165, 1.54) is 25.8 Å². The monoisotopic (exact) mass is 374 g/mol. The molecule has 0 bridgehead atoms. The largest absolute Gasteiger partial charge is 0.482 e. The number of nitrogens with one attached hydrogen (secondary N) is 2. The van der Waals surface area contributed by atoms with Gasteiger partial charge in [0.25, 0.3) is 5.91 Å². The molecule has 1 fully saturated rings. The number of aryl methyl sites for hydroxylation is 1. The number of carbonyl (C=O) groups excluding carboxylic acids is 2. The summed E-state index contributed by atoms with van der Waals surface area (Å²) in [4.78, 5) is 27.7. The Morgan fingerprint density at radius 2 is 2.22 bits per heavy atom. The number of hydrogen-bond donors (Lipinski definition) is 2. The van der Waals surface area contributed by atoms with E-state index in [2.05, 4.69) is 12.2 Å². The van der Waals surface area contributed by atoms with Gasteiger partial charge in [0, 0.05) is 25.9 Å². The third kappa shape index (κ3) is 5.22. The number of likely N-dealkylation sites (tertiary alicyclic amines) is 1. The fraction of sp³-hybridized carbons (Fsp3) is 0.619. The van der Waals surface area contributed by atoms with E-state index in [1.807, 2.05) is 25.1 Å². The lowest BCUT2D eigenvalue weighted by atomic mass is 10.0. The number of quaternary nitrogens is 1. The second-order valence-corrected chi connectivity index (χ2v) is 7.81. The third-order valence-electron chi connectivity index (χ3n) is 5.70. The molecule has 0 saturated carbocycles. The number of hydrogen-bond acceptors (Lipinski definition) is 3. The summed E-state index contributed by atoms with van der Waals surface area (Å²) in [6.45, 7) is 7.83. The van der Waals surface area contributed by atoms with Crippen LogP contribution in [0.2, 0.25) is 0 Å². The lowest BCUT2D eigenvalue weighted by molar-refractivity contribution is -0.928. The summed E-state index contributed by atoms with van der Waals surface area (Å²) in [5.41, 5.74) is 1.85. The normalized spacial score (nSPS) is 22.1. The number of carbonyl (C=O) groups is 2. The zero-order valence-electron chi connectivity index (χ0n) is 16.6. The maximum absolute atomic E-state index is 12.2. The Labute approximate surface area is 161 Å². The Hall–Kier alpha value is -2.08. The topological polar surface area (TPSA) is 63.1 Å². The second-order valence-electron chi connectivity index (χ2n) is 7.81. The van der Waals surface area contributed by atoms with E-state index in [1.54, 1.807) is 9.80 Å². The molecule has 6 nitrogen and oxygen atoms in total. The van der Waals surface area contributed by atoms with Gasteiger partial charge in [-0.1, -0.05) is 6.07 Å². The molecule has 1 unspecified atom stereocenters. The number of piperidine rings is 1. The number of ether oxygens (including phenoxy) is 1. The molecule has 1 aromatic rings. The van der Waals surface area contributed by atoms with Crippen LogP contribution in [0.25, 0.3) is 0 Å². The average Bonchev–Trinajstić information content (AvgIpc) is 2.66. The summed E-state index contributed by atoms with van der Waals surface area (Å²) in [5.74, 6) is 0.625. The zero-order valence-corrected chi connectivity index (χ0v) is 16.6. The summed E-state index contributed by atoms with van der Waals surface area (Å²) in [7, 11) is 0. The zero-order chi connectivity index (χ0) is 19.2. The fourth-order valence-electron chi connectivity index (χ4n) is 4.03. The Bertz CT molecular complexity index is 677. The number of rotatable bonds is 7. The van der Waals surface area contributed by atoms with Gasteiger partial charge in [0.15, 0.2) is 6.61 Å². The van der Waals surface area contributed by atoms with E-state index < -0.39 is 0 Å². The first kappa shape index (κ1) is 19.7. The van der Waals surface area contributed by atoms with Crippen molar-refractivity contribution in [3.05, 3.63) is 23.8 Å². The van der Waals surface area contributed by atoms with Crippen LogP contribution in [0.1, 0.15) is 44.6 Å². The van der Waals surface area contributed by atoms with Gasteiger partial charge in [0.05, 0.1) is 24.8 Å². The smallest absolute Gasteiger partial charge is 0.265 e. The minimum atomic E-state index is -0.0955. The lowest BCUT2D eigenvalue weighted by Crippen LogP contribution is -3.16. The highest BCUT2D eigenvalue weighted by Crippen LogP contribution is 2.32. The van der Waals surface area contributed by atoms with Gasteiger partial charge in [-0.3, -0.25) is 9.59 Å². The van der Waals surface area contributed by atoms with Gasteiger partial charge in [0.2, 0.25) is 5.91 Å². The predicted molar refractivity (Wildman–Crippen MR) is 105 cm³/mol. The van der Waals surface area contributed by atoms with Crippen molar-refractivity contribution in [2.45, 2.75) is 52.0 Å². The molecule has 0 spiro atoms. The van der Waals surface area contributed by atoms with E-state index >= 15 is 0 Å². The molecule has 0 aliphatic carbocycles. The average molecular weight is 375 g/mol. The summed E-state index contributed by atoms with van der Waals surface area (Å²) in [5, 5.41) is 3.00. The molecular weight excluding hydrogens is 342 g/mol. The van der Waals surface area contributed by atoms with Gasteiger partial charge in [-0.15, -0.1) is 0 Å². The first-order valence-corrected chi connectivity index (χ1v) is 10.2. The Kier molecular flexibility index (Phi) is 6.72. The van der Waals surface area contributed by atoms with E-state index in [0.29, 0.717) is 25.3 Å². The minimum absolute atomic E-state index is 0.00430. The summed E-state index contributed by atoms with van der Waals surface area (Å²) in [6.07, 6.45) is 5.30. The minimum Gasteiger partial charge on any atom is -0.482 e. The molecule has 2 aliphatic rings. The third-order valence-corrected chi connectivity index (χ3v) is 5.70. The van der Waals surface area contributed by atoms with Crippen LogP contribution in [0, 0.1) is 6.92 Å². The van der Waals surface area contributed by atoms with Gasteiger partial charge >= 0.3 is 0 Å². The maximum Gasteiger partial charge on any atom is 0.265 e. The highest BCUT2D eigenvalue weighted by molar-refractivity contribution is 5.98. The first-order valence-electron chi connectivity index (χ1n) is 10.2. The number of benzene rings is 1. The van der Waals surface area contributed by atoms with E-state index in [-0.39, 0.29) is 18.4 Å². The fourth-order valence-corrected chi connectivity index (χ4v) is 4.03. The molecule has 6 heteroatoms. The van der Waals surface area contributed by atoms with Crippen LogP contribution in [0.3, 0.4) is 0 Å². The molecule has 3 rings (SSSR count). The molecule has 2 N–H and O–H groups in total. The van der Waals surface area contributed by atoms with Crippen LogP contribution in [0.5, 0.6) is 5.75 Å². The molecule has 0 aromatic heterocycles. The van der Waals surface area contributed by atoms with Crippen molar-refractivity contribution in [3.8, 4) is 5.75 Å². The quantitative estimate of drug-likeness (QED) is 0.702. The van der Waals surface area contributed by atoms with E-state index in [0.717, 1.165) is 30.3 Å². The van der Waals surface area contributed by atoms with Gasteiger partial charge in [-0.2, -0.15) is 0 Å². The lowest BCUT2D eigenvalue weighted by Gasteiger charge is -2.30. The molecule has 148 valence electrons. The molecule has 2 aliphatic heterocycles. The van der Waals surface area contributed by atoms with Crippen LogP contribution in [0.4, 0.5) is 5.69 Å². The molecule has 2 amide bonds. The van der Waals surface area contributed by atoms with Crippen molar-refractivity contribution in [2.75, 3.05) is 37.7 Å². The molecular formula is C21H32N3O3+. The van der Waals surface area contributed by atoms with Crippen molar-refractivity contribution < 1.29 is 19.2 Å². The number of anilines is 1. The Morgan fingerprint density at radius 1 is 1.37 bits per heavy atom.